The van der Waals surface area contributed by atoms with Gasteiger partial charge in [-0.1, -0.05) is 151 Å². The van der Waals surface area contributed by atoms with Gasteiger partial charge in [-0.2, -0.15) is 0 Å². The second-order valence-corrected chi connectivity index (χ2v) is 11.0. The first-order chi connectivity index (χ1) is 17.8. The lowest BCUT2D eigenvalue weighted by Crippen LogP contribution is -2.06. The van der Waals surface area contributed by atoms with E-state index < -0.39 is 0 Å². The summed E-state index contributed by atoms with van der Waals surface area (Å²) in [6, 6.07) is 13.8. The maximum absolute atomic E-state index is 12.2. The second-order valence-electron chi connectivity index (χ2n) is 10.00. The number of hydrogen-bond acceptors (Lipinski definition) is 4. The number of thiophene rings is 1. The van der Waals surface area contributed by atoms with E-state index in [-0.39, 0.29) is 5.97 Å². The molecule has 1 aromatic heterocycles. The first-order valence-electron chi connectivity index (χ1n) is 14.7. The summed E-state index contributed by atoms with van der Waals surface area (Å²) in [5.74, 6) is -0.261. The predicted octanol–water partition coefficient (Wildman–Crippen LogP) is 10.2. The highest BCUT2D eigenvalue weighted by Gasteiger charge is 2.11. The number of carbonyl (C=O) groups excluding carboxylic acids is 1. The Labute approximate surface area is 225 Å². The fourth-order valence-corrected chi connectivity index (χ4v) is 5.26. The van der Waals surface area contributed by atoms with E-state index in [0.29, 0.717) is 11.5 Å². The summed E-state index contributed by atoms with van der Waals surface area (Å²) >= 11 is 1.38. The van der Waals surface area contributed by atoms with Crippen molar-refractivity contribution >= 4 is 17.3 Å². The molecule has 202 valence electrons. The molecule has 3 nitrogen and oxygen atoms in total. The van der Waals surface area contributed by atoms with Gasteiger partial charge in [0.15, 0.2) is 5.06 Å². The lowest BCUT2D eigenvalue weighted by molar-refractivity contribution is 0.0515. The number of hydrogen-bond donors (Lipinski definition) is 0. The van der Waals surface area contributed by atoms with E-state index in [9.17, 15) is 4.79 Å². The smallest absolute Gasteiger partial charge is 0.348 e. The third-order valence-electron chi connectivity index (χ3n) is 6.74. The Morgan fingerprint density at radius 1 is 0.639 bits per heavy atom. The predicted molar refractivity (Wildman–Crippen MR) is 154 cm³/mol. The summed E-state index contributed by atoms with van der Waals surface area (Å²) < 4.78 is 11.2. The van der Waals surface area contributed by atoms with Crippen LogP contribution in [-0.4, -0.2) is 19.2 Å². The minimum absolute atomic E-state index is 0.261. The summed E-state index contributed by atoms with van der Waals surface area (Å²) in [5.41, 5.74) is 1.18. The number of benzene rings is 1. The Morgan fingerprint density at radius 3 is 1.72 bits per heavy atom. The van der Waals surface area contributed by atoms with Crippen molar-refractivity contribution in [2.45, 2.75) is 122 Å². The molecule has 0 amide bonds. The third kappa shape index (κ3) is 15.3. The Balaban J connectivity index is 1.35. The Morgan fingerprint density at radius 2 is 1.17 bits per heavy atom. The monoisotopic (exact) mass is 514 g/mol. The van der Waals surface area contributed by atoms with Crippen molar-refractivity contribution in [3.8, 4) is 5.06 Å². The molecule has 36 heavy (non-hydrogen) atoms. The van der Waals surface area contributed by atoms with E-state index in [1.165, 1.54) is 120 Å². The van der Waals surface area contributed by atoms with E-state index >= 15 is 0 Å². The average Bonchev–Trinajstić information content (AvgIpc) is 3.38. The number of ether oxygens (including phenoxy) is 2. The average molecular weight is 515 g/mol. The van der Waals surface area contributed by atoms with Gasteiger partial charge in [-0.05, 0) is 24.1 Å². The van der Waals surface area contributed by atoms with Gasteiger partial charge >= 0.3 is 5.97 Å². The molecule has 2 aromatic rings. The zero-order chi connectivity index (χ0) is 25.5. The van der Waals surface area contributed by atoms with Gasteiger partial charge in [-0.3, -0.25) is 0 Å². The molecule has 1 heterocycles. The lowest BCUT2D eigenvalue weighted by Gasteiger charge is -2.05. The molecule has 0 aliphatic heterocycles. The van der Waals surface area contributed by atoms with Crippen molar-refractivity contribution in [1.82, 2.24) is 0 Å². The van der Waals surface area contributed by atoms with Gasteiger partial charge in [0.1, 0.15) is 4.88 Å². The van der Waals surface area contributed by atoms with Crippen LogP contribution in [-0.2, 0) is 11.2 Å². The highest BCUT2D eigenvalue weighted by molar-refractivity contribution is 7.15. The summed E-state index contributed by atoms with van der Waals surface area (Å²) in [5, 5.41) is 0.807. The molecule has 0 atom stereocenters. The standard InChI is InChI=1S/C32H50O3S/c1-2-3-4-5-6-7-8-9-10-11-12-13-14-15-16-17-21-27-34-31-25-24-30(36-31)32(33)35-28-26-29-22-19-18-20-23-29/h18-20,22-25H,2-17,21,26-28H2,1H3. The van der Waals surface area contributed by atoms with Crippen molar-refractivity contribution in [2.75, 3.05) is 13.2 Å². The zero-order valence-corrected chi connectivity index (χ0v) is 23.6. The molecule has 0 saturated carbocycles. The number of esters is 1. The van der Waals surface area contributed by atoms with Crippen molar-refractivity contribution in [3.63, 3.8) is 0 Å². The maximum Gasteiger partial charge on any atom is 0.348 e. The second kappa shape index (κ2) is 21.3. The fourth-order valence-electron chi connectivity index (χ4n) is 4.48. The van der Waals surface area contributed by atoms with Gasteiger partial charge in [0.25, 0.3) is 0 Å². The van der Waals surface area contributed by atoms with Crippen LogP contribution < -0.4 is 4.74 Å². The summed E-state index contributed by atoms with van der Waals surface area (Å²) in [4.78, 5) is 12.8. The van der Waals surface area contributed by atoms with E-state index in [1.807, 2.05) is 36.4 Å². The molecule has 0 unspecified atom stereocenters. The van der Waals surface area contributed by atoms with Crippen LogP contribution in [0.15, 0.2) is 42.5 Å². The van der Waals surface area contributed by atoms with Gasteiger partial charge in [0.05, 0.1) is 13.2 Å². The van der Waals surface area contributed by atoms with Gasteiger partial charge in [0.2, 0.25) is 0 Å². The summed E-state index contributed by atoms with van der Waals surface area (Å²) in [6.07, 6.45) is 24.1. The van der Waals surface area contributed by atoms with Crippen molar-refractivity contribution in [1.29, 1.82) is 0 Å². The van der Waals surface area contributed by atoms with Crippen molar-refractivity contribution in [2.24, 2.45) is 0 Å². The van der Waals surface area contributed by atoms with Gasteiger partial charge in [0, 0.05) is 6.42 Å². The molecule has 2 rings (SSSR count). The Hall–Kier alpha value is -1.81. The van der Waals surface area contributed by atoms with E-state index in [4.69, 9.17) is 9.47 Å². The molecule has 0 aliphatic rings. The number of carbonyl (C=O) groups is 1. The highest BCUT2D eigenvalue weighted by Crippen LogP contribution is 2.25. The first-order valence-corrected chi connectivity index (χ1v) is 15.5. The summed E-state index contributed by atoms with van der Waals surface area (Å²) in [6.45, 7) is 3.41. The quantitative estimate of drug-likeness (QED) is 0.109. The largest absolute Gasteiger partial charge is 0.484 e. The molecule has 0 radical (unpaired) electrons. The highest BCUT2D eigenvalue weighted by atomic mass is 32.1. The molecule has 0 N–H and O–H groups in total. The number of unbranched alkanes of at least 4 members (excludes halogenated alkanes) is 16. The number of rotatable bonds is 23. The summed E-state index contributed by atoms with van der Waals surface area (Å²) in [7, 11) is 0. The van der Waals surface area contributed by atoms with Crippen LogP contribution in [0.5, 0.6) is 5.06 Å². The molecule has 0 aliphatic carbocycles. The van der Waals surface area contributed by atoms with Crippen LogP contribution in [0.4, 0.5) is 0 Å². The minimum Gasteiger partial charge on any atom is -0.484 e. The Bertz CT molecular complexity index is 771. The molecule has 0 spiro atoms. The topological polar surface area (TPSA) is 35.5 Å². The van der Waals surface area contributed by atoms with E-state index in [2.05, 4.69) is 6.92 Å². The van der Waals surface area contributed by atoms with Crippen LogP contribution in [0, 0.1) is 0 Å². The van der Waals surface area contributed by atoms with E-state index in [0.717, 1.165) is 24.5 Å². The van der Waals surface area contributed by atoms with Crippen LogP contribution in [0.25, 0.3) is 0 Å². The van der Waals surface area contributed by atoms with Crippen LogP contribution in [0.1, 0.15) is 131 Å². The molecular formula is C32H50O3S. The van der Waals surface area contributed by atoms with E-state index in [1.54, 1.807) is 6.07 Å². The van der Waals surface area contributed by atoms with Crippen LogP contribution in [0.2, 0.25) is 0 Å². The van der Waals surface area contributed by atoms with Crippen LogP contribution in [0.3, 0.4) is 0 Å². The molecule has 0 fully saturated rings. The van der Waals surface area contributed by atoms with Gasteiger partial charge in [-0.25, -0.2) is 4.79 Å². The zero-order valence-electron chi connectivity index (χ0n) is 22.8. The minimum atomic E-state index is -0.261. The van der Waals surface area contributed by atoms with Gasteiger partial charge < -0.3 is 9.47 Å². The molecular weight excluding hydrogens is 464 g/mol. The molecule has 0 bridgehead atoms. The third-order valence-corrected chi connectivity index (χ3v) is 7.72. The fraction of sp³-hybridized carbons (Fsp3) is 0.656. The van der Waals surface area contributed by atoms with Crippen molar-refractivity contribution < 1.29 is 14.3 Å². The normalized spacial score (nSPS) is 11.0. The van der Waals surface area contributed by atoms with Crippen molar-refractivity contribution in [3.05, 3.63) is 52.9 Å². The Kier molecular flexibility index (Phi) is 18.0. The molecule has 1 aromatic carbocycles. The maximum atomic E-state index is 12.2. The van der Waals surface area contributed by atoms with Crippen LogP contribution >= 0.6 is 11.3 Å². The molecule has 4 heteroatoms. The SMILES string of the molecule is CCCCCCCCCCCCCCCCCCCOc1ccc(C(=O)OCCc2ccccc2)s1. The van der Waals surface area contributed by atoms with Gasteiger partial charge in [-0.15, -0.1) is 0 Å². The molecule has 0 saturated heterocycles. The first kappa shape index (κ1) is 30.4. The lowest BCUT2D eigenvalue weighted by atomic mass is 10.0.